The minimum atomic E-state index is -0.231. The summed E-state index contributed by atoms with van der Waals surface area (Å²) in [6, 6.07) is 5.04. The van der Waals surface area contributed by atoms with Crippen molar-refractivity contribution in [2.24, 2.45) is 0 Å². The fraction of sp³-hybridized carbons (Fsp3) is 0.500. The lowest BCUT2D eigenvalue weighted by molar-refractivity contribution is -0.124. The van der Waals surface area contributed by atoms with E-state index in [1.54, 1.807) is 18.2 Å². The first-order valence-corrected chi connectivity index (χ1v) is 6.25. The molecular formula is C14H22N2O3. The highest BCUT2D eigenvalue weighted by Gasteiger charge is 2.18. The van der Waals surface area contributed by atoms with Gasteiger partial charge in [-0.2, -0.15) is 0 Å². The van der Waals surface area contributed by atoms with Crippen molar-refractivity contribution in [1.29, 1.82) is 0 Å². The molecule has 3 N–H and O–H groups in total. The number of carbonyl (C=O) groups excluding carboxylic acids is 1. The molecule has 19 heavy (non-hydrogen) atoms. The minimum absolute atomic E-state index is 0.0519. The number of methoxy groups -OCH3 is 1. The molecule has 1 aromatic rings. The SMILES string of the molecule is CCC(C)(C)NC(=O)COc1ccc(N)cc1OC. The standard InChI is InChI=1S/C14H22N2O3/c1-5-14(2,3)16-13(17)9-19-11-7-6-10(15)8-12(11)18-4/h6-8H,5,9,15H2,1-4H3,(H,16,17). The van der Waals surface area contributed by atoms with Crippen molar-refractivity contribution in [2.45, 2.75) is 32.7 Å². The van der Waals surface area contributed by atoms with E-state index in [0.717, 1.165) is 6.42 Å². The highest BCUT2D eigenvalue weighted by Crippen LogP contribution is 2.28. The van der Waals surface area contributed by atoms with Crippen molar-refractivity contribution in [3.63, 3.8) is 0 Å². The second kappa shape index (κ2) is 6.31. The number of nitrogen functional groups attached to an aromatic ring is 1. The van der Waals surface area contributed by atoms with E-state index in [0.29, 0.717) is 17.2 Å². The van der Waals surface area contributed by atoms with Gasteiger partial charge in [-0.05, 0) is 32.4 Å². The molecule has 0 aliphatic carbocycles. The lowest BCUT2D eigenvalue weighted by atomic mass is 10.0. The van der Waals surface area contributed by atoms with Gasteiger partial charge in [0.15, 0.2) is 18.1 Å². The average Bonchev–Trinajstić information content (AvgIpc) is 2.36. The number of hydrogen-bond donors (Lipinski definition) is 2. The maximum absolute atomic E-state index is 11.8. The van der Waals surface area contributed by atoms with Gasteiger partial charge in [-0.25, -0.2) is 0 Å². The van der Waals surface area contributed by atoms with E-state index in [4.69, 9.17) is 15.2 Å². The molecule has 0 fully saturated rings. The van der Waals surface area contributed by atoms with Gasteiger partial charge < -0.3 is 20.5 Å². The van der Waals surface area contributed by atoms with E-state index < -0.39 is 0 Å². The van der Waals surface area contributed by atoms with Crippen LogP contribution in [-0.4, -0.2) is 25.2 Å². The summed E-state index contributed by atoms with van der Waals surface area (Å²) in [4.78, 5) is 11.8. The van der Waals surface area contributed by atoms with Crippen molar-refractivity contribution < 1.29 is 14.3 Å². The lowest BCUT2D eigenvalue weighted by Crippen LogP contribution is -2.44. The van der Waals surface area contributed by atoms with Crippen molar-refractivity contribution in [3.8, 4) is 11.5 Å². The van der Waals surface area contributed by atoms with E-state index in [1.165, 1.54) is 7.11 Å². The molecule has 1 amide bonds. The molecule has 0 radical (unpaired) electrons. The molecule has 0 bridgehead atoms. The quantitative estimate of drug-likeness (QED) is 0.772. The summed E-state index contributed by atoms with van der Waals surface area (Å²) < 4.78 is 10.6. The summed E-state index contributed by atoms with van der Waals surface area (Å²) in [7, 11) is 1.53. The molecular weight excluding hydrogens is 244 g/mol. The Kier molecular flexibility index (Phi) is 5.03. The summed E-state index contributed by atoms with van der Waals surface area (Å²) >= 11 is 0. The van der Waals surface area contributed by atoms with E-state index in [-0.39, 0.29) is 18.1 Å². The van der Waals surface area contributed by atoms with Crippen LogP contribution in [0.4, 0.5) is 5.69 Å². The normalized spacial score (nSPS) is 10.9. The first-order chi connectivity index (χ1) is 8.88. The van der Waals surface area contributed by atoms with Crippen LogP contribution in [-0.2, 0) is 4.79 Å². The molecule has 0 spiro atoms. The lowest BCUT2D eigenvalue weighted by Gasteiger charge is -2.24. The van der Waals surface area contributed by atoms with Gasteiger partial charge in [0.05, 0.1) is 7.11 Å². The van der Waals surface area contributed by atoms with Gasteiger partial charge in [0.1, 0.15) is 0 Å². The van der Waals surface area contributed by atoms with E-state index >= 15 is 0 Å². The Labute approximate surface area is 114 Å². The average molecular weight is 266 g/mol. The van der Waals surface area contributed by atoms with Crippen molar-refractivity contribution in [1.82, 2.24) is 5.32 Å². The first-order valence-electron chi connectivity index (χ1n) is 6.25. The number of carbonyl (C=O) groups is 1. The Morgan fingerprint density at radius 1 is 1.37 bits per heavy atom. The van der Waals surface area contributed by atoms with Gasteiger partial charge in [0.25, 0.3) is 5.91 Å². The zero-order valence-electron chi connectivity index (χ0n) is 11.9. The van der Waals surface area contributed by atoms with Gasteiger partial charge in [-0.1, -0.05) is 6.92 Å². The highest BCUT2D eigenvalue weighted by molar-refractivity contribution is 5.78. The van der Waals surface area contributed by atoms with E-state index in [1.807, 2.05) is 20.8 Å². The fourth-order valence-electron chi connectivity index (χ4n) is 1.45. The summed E-state index contributed by atoms with van der Waals surface area (Å²) in [6.45, 7) is 5.90. The van der Waals surface area contributed by atoms with Crippen molar-refractivity contribution in [2.75, 3.05) is 19.5 Å². The maximum Gasteiger partial charge on any atom is 0.258 e. The zero-order valence-corrected chi connectivity index (χ0v) is 11.9. The first kappa shape index (κ1) is 15.1. The predicted octanol–water partition coefficient (Wildman–Crippen LogP) is 1.96. The maximum atomic E-state index is 11.8. The Morgan fingerprint density at radius 2 is 2.05 bits per heavy atom. The summed E-state index contributed by atoms with van der Waals surface area (Å²) in [5.41, 5.74) is 6.00. The fourth-order valence-corrected chi connectivity index (χ4v) is 1.45. The number of nitrogens with one attached hydrogen (secondary N) is 1. The number of ether oxygens (including phenoxy) is 2. The van der Waals surface area contributed by atoms with Gasteiger partial charge >= 0.3 is 0 Å². The van der Waals surface area contributed by atoms with Crippen LogP contribution in [0.3, 0.4) is 0 Å². The van der Waals surface area contributed by atoms with Crippen LogP contribution < -0.4 is 20.5 Å². The van der Waals surface area contributed by atoms with Crippen molar-refractivity contribution >= 4 is 11.6 Å². The second-order valence-electron chi connectivity index (χ2n) is 4.98. The Bertz CT molecular complexity index is 444. The van der Waals surface area contributed by atoms with Gasteiger partial charge in [0.2, 0.25) is 0 Å². The number of hydrogen-bond acceptors (Lipinski definition) is 4. The number of anilines is 1. The molecule has 5 nitrogen and oxygen atoms in total. The number of nitrogens with two attached hydrogens (primary N) is 1. The van der Waals surface area contributed by atoms with E-state index in [9.17, 15) is 4.79 Å². The summed E-state index contributed by atoms with van der Waals surface area (Å²) in [5.74, 6) is 0.856. The monoisotopic (exact) mass is 266 g/mol. The number of rotatable bonds is 6. The molecule has 5 heteroatoms. The smallest absolute Gasteiger partial charge is 0.258 e. The molecule has 0 aliphatic rings. The molecule has 0 atom stereocenters. The topological polar surface area (TPSA) is 73.6 Å². The van der Waals surface area contributed by atoms with Crippen LogP contribution in [0.25, 0.3) is 0 Å². The van der Waals surface area contributed by atoms with Crippen LogP contribution in [0, 0.1) is 0 Å². The van der Waals surface area contributed by atoms with Crippen LogP contribution in [0.5, 0.6) is 11.5 Å². The number of benzene rings is 1. The second-order valence-corrected chi connectivity index (χ2v) is 4.98. The van der Waals surface area contributed by atoms with Gasteiger partial charge in [-0.15, -0.1) is 0 Å². The third-order valence-corrected chi connectivity index (χ3v) is 2.91. The third-order valence-electron chi connectivity index (χ3n) is 2.91. The summed E-state index contributed by atoms with van der Waals surface area (Å²) in [6.07, 6.45) is 0.851. The Hall–Kier alpha value is -1.91. The molecule has 0 unspecified atom stereocenters. The largest absolute Gasteiger partial charge is 0.493 e. The van der Waals surface area contributed by atoms with Crippen LogP contribution in [0.2, 0.25) is 0 Å². The van der Waals surface area contributed by atoms with Crippen LogP contribution in [0.15, 0.2) is 18.2 Å². The minimum Gasteiger partial charge on any atom is -0.493 e. The molecule has 0 aliphatic heterocycles. The molecule has 1 aromatic carbocycles. The number of amides is 1. The Morgan fingerprint density at radius 3 is 2.63 bits per heavy atom. The molecule has 0 saturated heterocycles. The molecule has 0 saturated carbocycles. The molecule has 0 aromatic heterocycles. The molecule has 0 heterocycles. The van der Waals surface area contributed by atoms with Gasteiger partial charge in [-0.3, -0.25) is 4.79 Å². The predicted molar refractivity (Wildman–Crippen MR) is 75.4 cm³/mol. The van der Waals surface area contributed by atoms with Crippen LogP contribution >= 0.6 is 0 Å². The van der Waals surface area contributed by atoms with Crippen molar-refractivity contribution in [3.05, 3.63) is 18.2 Å². The zero-order chi connectivity index (χ0) is 14.5. The third kappa shape index (κ3) is 4.69. The Balaban J connectivity index is 2.60. The summed E-state index contributed by atoms with van der Waals surface area (Å²) in [5, 5.41) is 2.90. The molecule has 1 rings (SSSR count). The molecule has 106 valence electrons. The highest BCUT2D eigenvalue weighted by atomic mass is 16.5. The van der Waals surface area contributed by atoms with E-state index in [2.05, 4.69) is 5.32 Å². The van der Waals surface area contributed by atoms with Crippen LogP contribution in [0.1, 0.15) is 27.2 Å². The van der Waals surface area contributed by atoms with Gasteiger partial charge in [0, 0.05) is 17.3 Å².